The van der Waals surface area contributed by atoms with Crippen LogP contribution in [0.25, 0.3) is 0 Å². The van der Waals surface area contributed by atoms with Crippen molar-refractivity contribution in [2.75, 3.05) is 43.4 Å². The van der Waals surface area contributed by atoms with Crippen molar-refractivity contribution in [1.29, 1.82) is 0 Å². The van der Waals surface area contributed by atoms with E-state index in [0.29, 0.717) is 0 Å². The zero-order chi connectivity index (χ0) is 18.0. The molecule has 1 saturated heterocycles. The molecule has 1 aromatic carbocycles. The topological polar surface area (TPSA) is 35.6 Å². The normalized spacial score (nSPS) is 15.4. The van der Waals surface area contributed by atoms with E-state index in [1.54, 1.807) is 11.3 Å². The highest BCUT2D eigenvalue weighted by molar-refractivity contribution is 7.14. The third kappa shape index (κ3) is 4.05. The largest absolute Gasteiger partial charge is 0.369 e. The zero-order valence-electron chi connectivity index (χ0n) is 15.6. The van der Waals surface area contributed by atoms with Crippen molar-refractivity contribution in [2.24, 2.45) is 0 Å². The Balaban J connectivity index is 1.71. The number of rotatable bonds is 4. The van der Waals surface area contributed by atoms with Crippen molar-refractivity contribution in [1.82, 2.24) is 4.90 Å². The van der Waals surface area contributed by atoms with Crippen molar-refractivity contribution in [3.05, 3.63) is 45.1 Å². The van der Waals surface area contributed by atoms with Gasteiger partial charge in [0.25, 0.3) is 5.91 Å². The van der Waals surface area contributed by atoms with Crippen LogP contribution in [0.2, 0.25) is 0 Å². The summed E-state index contributed by atoms with van der Waals surface area (Å²) in [5.41, 5.74) is 4.50. The van der Waals surface area contributed by atoms with E-state index in [0.717, 1.165) is 48.7 Å². The predicted molar refractivity (Wildman–Crippen MR) is 107 cm³/mol. The molecule has 3 rings (SSSR count). The molecule has 5 heteroatoms. The summed E-state index contributed by atoms with van der Waals surface area (Å²) in [7, 11) is 2.16. The minimum absolute atomic E-state index is 0.0109. The molecule has 1 N–H and O–H groups in total. The fourth-order valence-electron chi connectivity index (χ4n) is 3.22. The molecular formula is C20H27N3OS. The molecule has 134 valence electrons. The Labute approximate surface area is 154 Å². The number of nitrogens with zero attached hydrogens (tertiary/aromatic N) is 2. The lowest BCUT2D eigenvalue weighted by Gasteiger charge is -2.34. The van der Waals surface area contributed by atoms with Crippen molar-refractivity contribution in [2.45, 2.75) is 27.2 Å². The lowest BCUT2D eigenvalue weighted by molar-refractivity contribution is 0.103. The number of nitrogens with one attached hydrogen (secondary N) is 1. The van der Waals surface area contributed by atoms with Crippen molar-refractivity contribution in [3.8, 4) is 0 Å². The maximum absolute atomic E-state index is 12.6. The van der Waals surface area contributed by atoms with Gasteiger partial charge in [0.05, 0.1) is 4.88 Å². The summed E-state index contributed by atoms with van der Waals surface area (Å²) in [6.07, 6.45) is 0.967. The summed E-state index contributed by atoms with van der Waals surface area (Å²) in [6, 6.07) is 8.34. The molecule has 0 aliphatic carbocycles. The van der Waals surface area contributed by atoms with E-state index in [1.165, 1.54) is 16.1 Å². The van der Waals surface area contributed by atoms with Gasteiger partial charge in [-0.1, -0.05) is 6.92 Å². The van der Waals surface area contributed by atoms with E-state index in [1.807, 2.05) is 12.1 Å². The molecule has 0 spiro atoms. The van der Waals surface area contributed by atoms with Crippen LogP contribution in [0.1, 0.15) is 32.6 Å². The molecule has 0 saturated carbocycles. The van der Waals surface area contributed by atoms with Crippen LogP contribution in [-0.4, -0.2) is 44.0 Å². The Morgan fingerprint density at radius 1 is 1.16 bits per heavy atom. The summed E-state index contributed by atoms with van der Waals surface area (Å²) < 4.78 is 0. The number of likely N-dealkylation sites (N-methyl/N-ethyl adjacent to an activating group) is 1. The molecule has 0 bridgehead atoms. The number of benzene rings is 1. The van der Waals surface area contributed by atoms with E-state index in [9.17, 15) is 4.79 Å². The molecule has 1 fully saturated rings. The number of hydrogen-bond donors (Lipinski definition) is 1. The van der Waals surface area contributed by atoms with Crippen molar-refractivity contribution in [3.63, 3.8) is 0 Å². The van der Waals surface area contributed by atoms with Gasteiger partial charge in [-0.15, -0.1) is 11.3 Å². The van der Waals surface area contributed by atoms with Crippen LogP contribution in [0.4, 0.5) is 11.4 Å². The number of amides is 1. The molecular weight excluding hydrogens is 330 g/mol. The highest BCUT2D eigenvalue weighted by atomic mass is 32.1. The maximum atomic E-state index is 12.6. The predicted octanol–water partition coefficient (Wildman–Crippen LogP) is 3.93. The molecule has 1 aliphatic heterocycles. The average Bonchev–Trinajstić information content (AvgIpc) is 2.98. The van der Waals surface area contributed by atoms with Gasteiger partial charge >= 0.3 is 0 Å². The van der Waals surface area contributed by atoms with Crippen LogP contribution < -0.4 is 10.2 Å². The van der Waals surface area contributed by atoms with Gasteiger partial charge in [0.2, 0.25) is 0 Å². The first-order valence-corrected chi connectivity index (χ1v) is 9.74. The smallest absolute Gasteiger partial charge is 0.265 e. The van der Waals surface area contributed by atoms with E-state index < -0.39 is 0 Å². The molecule has 0 unspecified atom stereocenters. The second kappa shape index (κ2) is 7.58. The van der Waals surface area contributed by atoms with E-state index >= 15 is 0 Å². The molecule has 2 heterocycles. The SMILES string of the molecule is CCc1cc(C(=O)Nc2ccc(N3CCN(C)CC3)cc2C)sc1C. The lowest BCUT2D eigenvalue weighted by atomic mass is 10.1. The number of carbonyl (C=O) groups excluding carboxylic acids is 1. The quantitative estimate of drug-likeness (QED) is 0.900. The average molecular weight is 358 g/mol. The molecule has 1 amide bonds. The number of carbonyl (C=O) groups is 1. The van der Waals surface area contributed by atoms with E-state index in [4.69, 9.17) is 0 Å². The second-order valence-electron chi connectivity index (χ2n) is 6.79. The van der Waals surface area contributed by atoms with Gasteiger partial charge in [-0.2, -0.15) is 0 Å². The molecule has 2 aromatic rings. The number of piperazine rings is 1. The molecule has 4 nitrogen and oxygen atoms in total. The molecule has 1 aliphatic rings. The highest BCUT2D eigenvalue weighted by Crippen LogP contribution is 2.26. The van der Waals surface area contributed by atoms with Crippen LogP contribution in [0.5, 0.6) is 0 Å². The van der Waals surface area contributed by atoms with Gasteiger partial charge in [-0.3, -0.25) is 4.79 Å². The Bertz CT molecular complexity index is 760. The number of hydrogen-bond acceptors (Lipinski definition) is 4. The Hall–Kier alpha value is -1.85. The van der Waals surface area contributed by atoms with E-state index in [-0.39, 0.29) is 5.91 Å². The zero-order valence-corrected chi connectivity index (χ0v) is 16.4. The minimum Gasteiger partial charge on any atom is -0.369 e. The fraction of sp³-hybridized carbons (Fsp3) is 0.450. The van der Waals surface area contributed by atoms with Gasteiger partial charge in [-0.05, 0) is 62.7 Å². The number of anilines is 2. The van der Waals surface area contributed by atoms with Crippen molar-refractivity contribution < 1.29 is 4.79 Å². The molecule has 0 atom stereocenters. The number of thiophene rings is 1. The van der Waals surface area contributed by atoms with Crippen LogP contribution in [0.15, 0.2) is 24.3 Å². The third-order valence-electron chi connectivity index (χ3n) is 4.95. The van der Waals surface area contributed by atoms with Crippen LogP contribution in [-0.2, 0) is 6.42 Å². The Kier molecular flexibility index (Phi) is 5.45. The van der Waals surface area contributed by atoms with Crippen LogP contribution in [0.3, 0.4) is 0 Å². The number of aryl methyl sites for hydroxylation is 3. The third-order valence-corrected chi connectivity index (χ3v) is 6.04. The van der Waals surface area contributed by atoms with Gasteiger partial charge in [0.15, 0.2) is 0 Å². The summed E-state index contributed by atoms with van der Waals surface area (Å²) >= 11 is 1.57. The monoisotopic (exact) mass is 357 g/mol. The lowest BCUT2D eigenvalue weighted by Crippen LogP contribution is -2.44. The molecule has 25 heavy (non-hydrogen) atoms. The molecule has 1 aromatic heterocycles. The van der Waals surface area contributed by atoms with Gasteiger partial charge in [0.1, 0.15) is 0 Å². The first-order chi connectivity index (χ1) is 12.0. The fourth-order valence-corrected chi connectivity index (χ4v) is 4.23. The standard InChI is InChI=1S/C20H27N3OS/c1-5-16-13-19(25-15(16)3)20(24)21-18-7-6-17(12-14(18)2)23-10-8-22(4)9-11-23/h6-7,12-13H,5,8-11H2,1-4H3,(H,21,24). The van der Waals surface area contributed by atoms with Crippen molar-refractivity contribution >= 4 is 28.6 Å². The summed E-state index contributed by atoms with van der Waals surface area (Å²) in [6.45, 7) is 10.6. The Morgan fingerprint density at radius 2 is 1.88 bits per heavy atom. The Morgan fingerprint density at radius 3 is 2.48 bits per heavy atom. The van der Waals surface area contributed by atoms with Gasteiger partial charge in [-0.25, -0.2) is 0 Å². The van der Waals surface area contributed by atoms with E-state index in [2.05, 4.69) is 55.1 Å². The molecule has 0 radical (unpaired) electrons. The highest BCUT2D eigenvalue weighted by Gasteiger charge is 2.16. The summed E-state index contributed by atoms with van der Waals surface area (Å²) in [4.78, 5) is 19.3. The first kappa shape index (κ1) is 18.0. The van der Waals surface area contributed by atoms with Crippen LogP contribution >= 0.6 is 11.3 Å². The summed E-state index contributed by atoms with van der Waals surface area (Å²) in [5, 5.41) is 3.07. The van der Waals surface area contributed by atoms with Gasteiger partial charge in [0, 0.05) is 42.4 Å². The first-order valence-electron chi connectivity index (χ1n) is 8.92. The second-order valence-corrected chi connectivity index (χ2v) is 8.05. The maximum Gasteiger partial charge on any atom is 0.265 e. The minimum atomic E-state index is -0.0109. The van der Waals surface area contributed by atoms with Crippen LogP contribution in [0, 0.1) is 13.8 Å². The van der Waals surface area contributed by atoms with Gasteiger partial charge < -0.3 is 15.1 Å². The summed E-state index contributed by atoms with van der Waals surface area (Å²) in [5.74, 6) is -0.0109.